The summed E-state index contributed by atoms with van der Waals surface area (Å²) < 4.78 is 28.5. The third-order valence-electron chi connectivity index (χ3n) is 5.63. The molecule has 3 heterocycles. The molecule has 1 aromatic heterocycles. The Morgan fingerprint density at radius 2 is 2.10 bits per heavy atom. The van der Waals surface area contributed by atoms with Crippen LogP contribution < -0.4 is 10.2 Å². The molecule has 1 fully saturated rings. The average molecular weight is 443 g/mol. The van der Waals surface area contributed by atoms with Crippen molar-refractivity contribution < 1.29 is 18.0 Å². The highest BCUT2D eigenvalue weighted by atomic mass is 32.2. The number of amides is 2. The van der Waals surface area contributed by atoms with E-state index in [9.17, 15) is 18.0 Å². The molecule has 8 nitrogen and oxygen atoms in total. The van der Waals surface area contributed by atoms with Gasteiger partial charge >= 0.3 is 0 Å². The van der Waals surface area contributed by atoms with Crippen LogP contribution in [-0.2, 0) is 14.8 Å². The number of carbonyl (C=O) groups excluding carboxylic acids is 2. The van der Waals surface area contributed by atoms with Crippen molar-refractivity contribution in [3.05, 3.63) is 47.5 Å². The van der Waals surface area contributed by atoms with Gasteiger partial charge in [-0.3, -0.25) is 9.59 Å². The highest BCUT2D eigenvalue weighted by molar-refractivity contribution is 7.89. The van der Waals surface area contributed by atoms with Gasteiger partial charge in [-0.05, 0) is 31.0 Å². The predicted molar refractivity (Wildman–Crippen MR) is 114 cm³/mol. The second-order valence-electron chi connectivity index (χ2n) is 7.28. The zero-order chi connectivity index (χ0) is 21.0. The standard InChI is InChI=1S/C20H18N4O4S2/c1-23-14-7-8-16(12-4-2-5-13(17(12)14)19(23)26)30(27,28)24-10-3-6-15(24)18(25)22-20-21-9-11-29-20/h2,4-5,7-9,11,15H,3,6,10H2,1H3,(H,21,22,25). The molecule has 5 rings (SSSR count). The molecule has 154 valence electrons. The Morgan fingerprint density at radius 1 is 1.27 bits per heavy atom. The summed E-state index contributed by atoms with van der Waals surface area (Å²) in [5, 5.41) is 6.01. The molecule has 2 aromatic carbocycles. The van der Waals surface area contributed by atoms with Crippen LogP contribution in [0, 0.1) is 0 Å². The molecule has 2 aliphatic heterocycles. The molecule has 1 unspecified atom stereocenters. The Bertz CT molecular complexity index is 1290. The maximum absolute atomic E-state index is 13.6. The predicted octanol–water partition coefficient (Wildman–Crippen LogP) is 2.68. The van der Waals surface area contributed by atoms with Gasteiger partial charge in [0, 0.05) is 41.5 Å². The lowest BCUT2D eigenvalue weighted by Crippen LogP contribution is -2.43. The van der Waals surface area contributed by atoms with Gasteiger partial charge in [-0.1, -0.05) is 12.1 Å². The van der Waals surface area contributed by atoms with E-state index in [-0.39, 0.29) is 23.3 Å². The number of benzene rings is 2. The van der Waals surface area contributed by atoms with Crippen LogP contribution in [0.5, 0.6) is 0 Å². The van der Waals surface area contributed by atoms with Crippen LogP contribution in [0.25, 0.3) is 10.8 Å². The maximum Gasteiger partial charge on any atom is 0.258 e. The minimum absolute atomic E-state index is 0.111. The highest BCUT2D eigenvalue weighted by Gasteiger charge is 2.41. The molecule has 1 saturated heterocycles. The molecule has 2 amide bonds. The van der Waals surface area contributed by atoms with Crippen LogP contribution in [0.4, 0.5) is 10.8 Å². The second kappa shape index (κ2) is 6.86. The Morgan fingerprint density at radius 3 is 2.87 bits per heavy atom. The molecule has 1 N–H and O–H groups in total. The van der Waals surface area contributed by atoms with Crippen LogP contribution in [0.2, 0.25) is 0 Å². The number of thiazole rings is 1. The number of hydrogen-bond donors (Lipinski definition) is 1. The Balaban J connectivity index is 1.56. The summed E-state index contributed by atoms with van der Waals surface area (Å²) in [6.45, 7) is 0.264. The molecule has 0 spiro atoms. The summed E-state index contributed by atoms with van der Waals surface area (Å²) in [7, 11) is -2.28. The lowest BCUT2D eigenvalue weighted by molar-refractivity contribution is -0.119. The Labute approximate surface area is 177 Å². The van der Waals surface area contributed by atoms with Gasteiger partial charge in [0.05, 0.1) is 10.6 Å². The zero-order valence-electron chi connectivity index (χ0n) is 16.0. The maximum atomic E-state index is 13.6. The number of nitrogens with zero attached hydrogens (tertiary/aromatic N) is 3. The average Bonchev–Trinajstić information content (AvgIpc) is 3.47. The minimum Gasteiger partial charge on any atom is -0.311 e. The molecule has 30 heavy (non-hydrogen) atoms. The van der Waals surface area contributed by atoms with Crippen LogP contribution in [-0.4, -0.2) is 49.2 Å². The summed E-state index contributed by atoms with van der Waals surface area (Å²) in [6.07, 6.45) is 2.62. The van der Waals surface area contributed by atoms with Gasteiger partial charge in [0.15, 0.2) is 5.13 Å². The number of aromatic nitrogens is 1. The van der Waals surface area contributed by atoms with E-state index in [0.717, 1.165) is 0 Å². The first kappa shape index (κ1) is 19.2. The first-order chi connectivity index (χ1) is 14.4. The van der Waals surface area contributed by atoms with Crippen molar-refractivity contribution in [2.75, 3.05) is 23.8 Å². The molecule has 3 aromatic rings. The van der Waals surface area contributed by atoms with Gasteiger partial charge in [-0.2, -0.15) is 4.31 Å². The topological polar surface area (TPSA) is 99.7 Å². The lowest BCUT2D eigenvalue weighted by atomic mass is 10.1. The van der Waals surface area contributed by atoms with E-state index >= 15 is 0 Å². The van der Waals surface area contributed by atoms with Gasteiger partial charge < -0.3 is 10.2 Å². The van der Waals surface area contributed by atoms with E-state index < -0.39 is 16.1 Å². The third kappa shape index (κ3) is 2.75. The van der Waals surface area contributed by atoms with Crippen LogP contribution in [0.15, 0.2) is 46.8 Å². The van der Waals surface area contributed by atoms with Gasteiger partial charge in [0.1, 0.15) is 6.04 Å². The Hall–Kier alpha value is -2.82. The van der Waals surface area contributed by atoms with E-state index in [1.807, 2.05) is 0 Å². The first-order valence-corrected chi connectivity index (χ1v) is 11.8. The van der Waals surface area contributed by atoms with Gasteiger partial charge in [-0.25, -0.2) is 13.4 Å². The fraction of sp³-hybridized carbons (Fsp3) is 0.250. The van der Waals surface area contributed by atoms with Crippen molar-refractivity contribution in [1.29, 1.82) is 0 Å². The van der Waals surface area contributed by atoms with E-state index in [1.165, 1.54) is 26.6 Å². The normalized spacial score (nSPS) is 19.0. The van der Waals surface area contributed by atoms with Crippen LogP contribution >= 0.6 is 11.3 Å². The number of rotatable bonds is 4. The number of carbonyl (C=O) groups is 2. The van der Waals surface area contributed by atoms with E-state index in [4.69, 9.17) is 0 Å². The number of nitrogens with one attached hydrogen (secondary N) is 1. The zero-order valence-corrected chi connectivity index (χ0v) is 17.7. The number of hydrogen-bond acceptors (Lipinski definition) is 6. The summed E-state index contributed by atoms with van der Waals surface area (Å²) in [5.74, 6) is -0.543. The van der Waals surface area contributed by atoms with Gasteiger partial charge in [-0.15, -0.1) is 11.3 Å². The van der Waals surface area contributed by atoms with Gasteiger partial charge in [0.25, 0.3) is 5.91 Å². The summed E-state index contributed by atoms with van der Waals surface area (Å²) in [6, 6.07) is 7.49. The van der Waals surface area contributed by atoms with Crippen molar-refractivity contribution in [2.45, 2.75) is 23.8 Å². The third-order valence-corrected chi connectivity index (χ3v) is 8.29. The van der Waals surface area contributed by atoms with Crippen molar-refractivity contribution in [2.24, 2.45) is 0 Å². The first-order valence-electron chi connectivity index (χ1n) is 9.45. The number of anilines is 2. The van der Waals surface area contributed by atoms with Crippen molar-refractivity contribution in [1.82, 2.24) is 9.29 Å². The lowest BCUT2D eigenvalue weighted by Gasteiger charge is -2.24. The summed E-state index contributed by atoms with van der Waals surface area (Å²) in [4.78, 5) is 30.9. The molecule has 0 saturated carbocycles. The minimum atomic E-state index is -3.95. The van der Waals surface area contributed by atoms with Crippen molar-refractivity contribution in [3.63, 3.8) is 0 Å². The van der Waals surface area contributed by atoms with Crippen molar-refractivity contribution >= 4 is 54.8 Å². The molecular formula is C20H18N4O4S2. The largest absolute Gasteiger partial charge is 0.311 e. The van der Waals surface area contributed by atoms with E-state index in [2.05, 4.69) is 10.3 Å². The fourth-order valence-electron chi connectivity index (χ4n) is 4.22. The molecule has 1 atom stereocenters. The van der Waals surface area contributed by atoms with Crippen molar-refractivity contribution in [3.8, 4) is 0 Å². The van der Waals surface area contributed by atoms with E-state index in [1.54, 1.807) is 42.9 Å². The van der Waals surface area contributed by atoms with Crippen LogP contribution in [0.3, 0.4) is 0 Å². The molecule has 0 bridgehead atoms. The second-order valence-corrected chi connectivity index (χ2v) is 10.0. The Kier molecular flexibility index (Phi) is 4.38. The monoisotopic (exact) mass is 442 g/mol. The van der Waals surface area contributed by atoms with Crippen LogP contribution in [0.1, 0.15) is 23.2 Å². The molecule has 0 aliphatic carbocycles. The molecule has 0 radical (unpaired) electrons. The molecule has 10 heteroatoms. The van der Waals surface area contributed by atoms with Gasteiger partial charge in [0.2, 0.25) is 15.9 Å². The summed E-state index contributed by atoms with van der Waals surface area (Å²) in [5.41, 5.74) is 1.17. The molecular weight excluding hydrogens is 424 g/mol. The molecule has 2 aliphatic rings. The number of sulfonamides is 1. The SMILES string of the molecule is CN1C(=O)c2cccc3c(S(=O)(=O)N4CCCC4C(=O)Nc4nccs4)ccc1c23. The smallest absolute Gasteiger partial charge is 0.258 e. The highest BCUT2D eigenvalue weighted by Crippen LogP contribution is 2.40. The summed E-state index contributed by atoms with van der Waals surface area (Å²) >= 11 is 1.28. The van der Waals surface area contributed by atoms with E-state index in [0.29, 0.717) is 40.0 Å². The fourth-order valence-corrected chi connectivity index (χ4v) is 6.60. The quantitative estimate of drug-likeness (QED) is 0.670.